The number of aromatic nitrogens is 1. The summed E-state index contributed by atoms with van der Waals surface area (Å²) in [7, 11) is -6.41. The van der Waals surface area contributed by atoms with Crippen molar-refractivity contribution in [3.63, 3.8) is 0 Å². The Balaban J connectivity index is 1.33. The van der Waals surface area contributed by atoms with Gasteiger partial charge in [-0.15, -0.1) is 0 Å². The minimum absolute atomic E-state index is 0.0437. The number of nitrogens with zero attached hydrogens (tertiary/aromatic N) is 3. The van der Waals surface area contributed by atoms with Gasteiger partial charge in [0.05, 0.1) is 29.8 Å². The second kappa shape index (κ2) is 14.9. The van der Waals surface area contributed by atoms with Crippen LogP contribution in [0.15, 0.2) is 42.7 Å². The zero-order valence-electron chi connectivity index (χ0n) is 26.2. The van der Waals surface area contributed by atoms with Gasteiger partial charge in [-0.3, -0.25) is 14.6 Å². The fraction of sp³-hybridized carbons (Fsp3) is 0.241. The van der Waals surface area contributed by atoms with E-state index in [1.54, 1.807) is 0 Å². The number of carbonyl (C=O) groups excluding carboxylic acids is 4. The third-order valence-corrected chi connectivity index (χ3v) is 10.1. The summed E-state index contributed by atoms with van der Waals surface area (Å²) < 4.78 is 60.3. The Labute approximate surface area is 297 Å². The van der Waals surface area contributed by atoms with Gasteiger partial charge >= 0.3 is 25.1 Å². The van der Waals surface area contributed by atoms with Crippen LogP contribution in [0, 0.1) is 11.6 Å². The van der Waals surface area contributed by atoms with Crippen molar-refractivity contribution in [3.05, 3.63) is 81.6 Å². The first-order chi connectivity index (χ1) is 24.5. The highest BCUT2D eigenvalue weighted by molar-refractivity contribution is 7.89. The lowest BCUT2D eigenvalue weighted by Crippen LogP contribution is -2.56. The van der Waals surface area contributed by atoms with Crippen molar-refractivity contribution in [3.8, 4) is 17.2 Å². The first kappa shape index (κ1) is 37.5. The molecule has 0 radical (unpaired) electrons. The molecule has 3 heterocycles. The van der Waals surface area contributed by atoms with Crippen LogP contribution >= 0.6 is 11.6 Å². The van der Waals surface area contributed by atoms with E-state index in [0.29, 0.717) is 15.3 Å². The zero-order chi connectivity index (χ0) is 38.1. The lowest BCUT2D eigenvalue weighted by molar-refractivity contribution is -0.123. The van der Waals surface area contributed by atoms with E-state index in [-0.39, 0.29) is 17.5 Å². The molecule has 2 aliphatic rings. The number of phenolic OH excluding ortho intramolecular Hbond substituents is 2. The molecule has 7 N–H and O–H groups in total. The Bertz CT molecular complexity index is 2080. The number of urea groups is 2. The number of fused-ring (bicyclic) bond motifs is 1. The van der Waals surface area contributed by atoms with Crippen molar-refractivity contribution >= 4 is 58.6 Å². The highest BCUT2D eigenvalue weighted by Crippen LogP contribution is 2.41. The van der Waals surface area contributed by atoms with Gasteiger partial charge in [0.15, 0.2) is 17.3 Å². The Hall–Kier alpha value is -5.74. The summed E-state index contributed by atoms with van der Waals surface area (Å²) >= 11 is 6.10. The Morgan fingerprint density at radius 2 is 1.77 bits per heavy atom. The zero-order valence-corrected chi connectivity index (χ0v) is 27.8. The van der Waals surface area contributed by atoms with Crippen molar-refractivity contribution in [2.75, 3.05) is 25.4 Å². The van der Waals surface area contributed by atoms with Crippen molar-refractivity contribution < 1.29 is 66.2 Å². The van der Waals surface area contributed by atoms with Gasteiger partial charge in [0.2, 0.25) is 15.9 Å². The van der Waals surface area contributed by atoms with Crippen molar-refractivity contribution in [1.82, 2.24) is 30.1 Å². The predicted octanol–water partition coefficient (Wildman–Crippen LogP) is 0.510. The van der Waals surface area contributed by atoms with E-state index in [1.807, 2.05) is 0 Å². The molecular weight excluding hydrogens is 741 g/mol. The maximum atomic E-state index is 14.6. The fourth-order valence-electron chi connectivity index (χ4n) is 5.32. The highest BCUT2D eigenvalue weighted by atomic mass is 35.5. The lowest BCUT2D eigenvalue weighted by Gasteiger charge is -2.31. The van der Waals surface area contributed by atoms with E-state index in [9.17, 15) is 61.5 Å². The second-order valence-corrected chi connectivity index (χ2v) is 13.6. The standard InChI is InChI=1S/C29H26BClF2N6O12S/c31-20-15(12-17(33)22(40)23(20)41)21(26(43)36-18-11-14-1-2-16(32)19(27(44)45)24(14)51-30(18)48)37-28(46)38-8-9-39(29(38)47)52(49,50)10-7-35-25(42)13-3-5-34-6-4-13/h1-6,12,18,21,40-41,48H,7-11H2,(H,35,42)(H,36,43)(H,37,46)(H,44,45)/t18-,21?/m0/s1. The van der Waals surface area contributed by atoms with Crippen LogP contribution in [0.25, 0.3) is 0 Å². The number of sulfonamides is 1. The van der Waals surface area contributed by atoms with Gasteiger partial charge in [-0.2, -0.15) is 0 Å². The quantitative estimate of drug-likeness (QED) is 0.110. The molecule has 0 spiro atoms. The number of halogens is 3. The Morgan fingerprint density at radius 1 is 1.08 bits per heavy atom. The van der Waals surface area contributed by atoms with Crippen LogP contribution in [-0.2, 0) is 21.2 Å². The van der Waals surface area contributed by atoms with Crippen LogP contribution in [0.1, 0.15) is 37.9 Å². The molecule has 1 unspecified atom stereocenters. The normalized spacial score (nSPS) is 16.1. The number of phenols is 2. The minimum Gasteiger partial charge on any atom is -0.534 e. The number of pyridine rings is 1. The summed E-state index contributed by atoms with van der Waals surface area (Å²) in [4.78, 5) is 68.2. The highest BCUT2D eigenvalue weighted by Gasteiger charge is 2.43. The Morgan fingerprint density at radius 3 is 2.44 bits per heavy atom. The van der Waals surface area contributed by atoms with Gasteiger partial charge in [0.1, 0.15) is 23.2 Å². The smallest absolute Gasteiger partial charge is 0.534 e. The van der Waals surface area contributed by atoms with Crippen molar-refractivity contribution in [2.45, 2.75) is 18.4 Å². The molecular formula is C29H26BClF2N6O12S. The van der Waals surface area contributed by atoms with Crippen LogP contribution in [0.5, 0.6) is 17.2 Å². The number of aromatic carboxylic acids is 1. The molecule has 1 aromatic heterocycles. The predicted molar refractivity (Wildman–Crippen MR) is 173 cm³/mol. The molecule has 23 heteroatoms. The van der Waals surface area contributed by atoms with E-state index in [4.69, 9.17) is 16.3 Å². The van der Waals surface area contributed by atoms with Gasteiger partial charge < -0.3 is 40.9 Å². The lowest BCUT2D eigenvalue weighted by atomic mass is 9.72. The number of carbonyl (C=O) groups is 5. The summed E-state index contributed by atoms with van der Waals surface area (Å²) in [6.45, 7) is -1.47. The molecule has 52 heavy (non-hydrogen) atoms. The summed E-state index contributed by atoms with van der Waals surface area (Å²) in [6.07, 6.45) is 2.35. The number of hydrogen-bond acceptors (Lipinski definition) is 12. The van der Waals surface area contributed by atoms with E-state index in [2.05, 4.69) is 20.9 Å². The molecule has 18 nitrogen and oxygen atoms in total. The summed E-state index contributed by atoms with van der Waals surface area (Å²) in [6, 6.07) is 0.364. The van der Waals surface area contributed by atoms with Crippen LogP contribution in [0.4, 0.5) is 18.4 Å². The monoisotopic (exact) mass is 766 g/mol. The number of nitrogens with one attached hydrogen (secondary N) is 3. The van der Waals surface area contributed by atoms with E-state index in [1.165, 1.54) is 24.5 Å². The minimum atomic E-state index is -4.41. The number of carboxylic acid groups (broad SMARTS) is 1. The molecule has 6 amide bonds. The van der Waals surface area contributed by atoms with Crippen LogP contribution < -0.4 is 20.6 Å². The number of carboxylic acids is 1. The fourth-order valence-corrected chi connectivity index (χ4v) is 6.85. The number of amides is 6. The first-order valence-electron chi connectivity index (χ1n) is 14.9. The van der Waals surface area contributed by atoms with E-state index >= 15 is 0 Å². The molecule has 0 saturated carbocycles. The largest absolute Gasteiger partial charge is 0.547 e. The van der Waals surface area contributed by atoms with Gasteiger partial charge in [-0.1, -0.05) is 17.7 Å². The molecule has 2 atom stereocenters. The number of imide groups is 1. The van der Waals surface area contributed by atoms with Crippen LogP contribution in [0.2, 0.25) is 5.02 Å². The topological polar surface area (TPSA) is 265 Å². The average Bonchev–Trinajstić information content (AvgIpc) is 3.50. The van der Waals surface area contributed by atoms with Crippen molar-refractivity contribution in [1.29, 1.82) is 0 Å². The number of hydrogen-bond donors (Lipinski definition) is 7. The van der Waals surface area contributed by atoms with E-state index < -0.39 is 129 Å². The third kappa shape index (κ3) is 7.48. The molecule has 274 valence electrons. The van der Waals surface area contributed by atoms with Gasteiger partial charge in [0.25, 0.3) is 5.91 Å². The molecule has 1 saturated heterocycles. The molecule has 0 bridgehead atoms. The maximum absolute atomic E-state index is 14.6. The molecule has 2 aromatic carbocycles. The molecule has 1 fully saturated rings. The summed E-state index contributed by atoms with van der Waals surface area (Å²) in [5.74, 6) is -11.5. The maximum Gasteiger partial charge on any atom is 0.547 e. The average molecular weight is 767 g/mol. The molecule has 3 aromatic rings. The number of rotatable bonds is 10. The number of aromatic hydroxyl groups is 2. The van der Waals surface area contributed by atoms with Crippen LogP contribution in [-0.4, -0.2) is 111 Å². The van der Waals surface area contributed by atoms with Gasteiger partial charge in [-0.05, 0) is 36.2 Å². The SMILES string of the molecule is O=C(NCCS(=O)(=O)N1CCN(C(=O)NC(C(=O)N[C@H]2Cc3ccc(F)c(C(=O)O)c3OB2O)c2cc(F)c(O)c(O)c2Cl)C1=O)c1ccncc1. The second-order valence-electron chi connectivity index (χ2n) is 11.2. The van der Waals surface area contributed by atoms with Crippen LogP contribution in [0.3, 0.4) is 0 Å². The van der Waals surface area contributed by atoms with Crippen molar-refractivity contribution in [2.24, 2.45) is 0 Å². The number of benzene rings is 2. The molecule has 5 rings (SSSR count). The summed E-state index contributed by atoms with van der Waals surface area (Å²) in [5, 5.41) is 45.9. The molecule has 2 aliphatic heterocycles. The molecule has 0 aliphatic carbocycles. The Kier molecular flexibility index (Phi) is 10.7. The van der Waals surface area contributed by atoms with E-state index in [0.717, 1.165) is 12.1 Å². The summed E-state index contributed by atoms with van der Waals surface area (Å²) in [5.41, 5.74) is -1.30. The van der Waals surface area contributed by atoms with Gasteiger partial charge in [-0.25, -0.2) is 40.8 Å². The first-order valence-corrected chi connectivity index (χ1v) is 16.9. The third-order valence-electron chi connectivity index (χ3n) is 7.93. The van der Waals surface area contributed by atoms with Gasteiger partial charge in [0, 0.05) is 30.1 Å².